The van der Waals surface area contributed by atoms with Gasteiger partial charge in [-0.15, -0.1) is 0 Å². The van der Waals surface area contributed by atoms with Gasteiger partial charge in [-0.1, -0.05) is 6.92 Å². The number of nitrogens with one attached hydrogen (secondary N) is 1. The largest absolute Gasteiger partial charge is 0.497 e. The van der Waals surface area contributed by atoms with E-state index < -0.39 is 13.0 Å². The zero-order valence-electron chi connectivity index (χ0n) is 12.7. The molecule has 0 aliphatic carbocycles. The molecule has 1 N–H and O–H groups in total. The van der Waals surface area contributed by atoms with Crippen LogP contribution in [0.5, 0.6) is 11.5 Å². The maximum Gasteiger partial charge on any atom is 0.261 e. The first kappa shape index (κ1) is 17.7. The number of hydrogen-bond donors (Lipinski definition) is 1. The van der Waals surface area contributed by atoms with Crippen molar-refractivity contribution in [2.24, 2.45) is 0 Å². The highest BCUT2D eigenvalue weighted by Gasteiger charge is 2.13. The molecule has 120 valence electrons. The normalized spacial score (nSPS) is 12.5. The number of rotatable bonds is 10. The molecule has 0 spiro atoms. The number of alkyl halides is 2. The van der Waals surface area contributed by atoms with Crippen molar-refractivity contribution in [1.82, 2.24) is 5.32 Å². The third kappa shape index (κ3) is 6.27. The number of halogens is 2. The number of benzene rings is 1. The summed E-state index contributed by atoms with van der Waals surface area (Å²) >= 11 is 0. The van der Waals surface area contributed by atoms with E-state index in [4.69, 9.17) is 14.2 Å². The first-order valence-electron chi connectivity index (χ1n) is 6.93. The number of hydrogen-bond acceptors (Lipinski definition) is 4. The van der Waals surface area contributed by atoms with Crippen molar-refractivity contribution in [3.8, 4) is 11.5 Å². The van der Waals surface area contributed by atoms with Gasteiger partial charge >= 0.3 is 0 Å². The van der Waals surface area contributed by atoms with Gasteiger partial charge in [-0.05, 0) is 30.7 Å². The molecule has 1 unspecified atom stereocenters. The summed E-state index contributed by atoms with van der Waals surface area (Å²) < 4.78 is 39.6. The SMILES string of the molecule is CCNC(CCOCC(F)F)c1cc(OC)cc(OC)c1. The van der Waals surface area contributed by atoms with Gasteiger partial charge in [0, 0.05) is 18.7 Å². The highest BCUT2D eigenvalue weighted by molar-refractivity contribution is 5.39. The lowest BCUT2D eigenvalue weighted by atomic mass is 10.0. The summed E-state index contributed by atoms with van der Waals surface area (Å²) in [6, 6.07) is 5.60. The van der Waals surface area contributed by atoms with Gasteiger partial charge in [0.25, 0.3) is 6.43 Å². The number of methoxy groups -OCH3 is 2. The quantitative estimate of drug-likeness (QED) is 0.675. The zero-order valence-corrected chi connectivity index (χ0v) is 12.7. The van der Waals surface area contributed by atoms with E-state index in [-0.39, 0.29) is 12.6 Å². The van der Waals surface area contributed by atoms with E-state index in [1.165, 1.54) is 0 Å². The summed E-state index contributed by atoms with van der Waals surface area (Å²) in [5.74, 6) is 1.39. The Bertz CT molecular complexity index is 394. The number of ether oxygens (including phenoxy) is 3. The molecule has 0 fully saturated rings. The predicted molar refractivity (Wildman–Crippen MR) is 77.4 cm³/mol. The van der Waals surface area contributed by atoms with Crippen LogP contribution in [-0.2, 0) is 4.74 Å². The minimum atomic E-state index is -2.43. The molecule has 0 amide bonds. The van der Waals surface area contributed by atoms with Crippen molar-refractivity contribution in [2.75, 3.05) is 34.0 Å². The van der Waals surface area contributed by atoms with Crippen LogP contribution in [0.1, 0.15) is 24.9 Å². The summed E-state index contributed by atoms with van der Waals surface area (Å²) in [6.45, 7) is 2.49. The Morgan fingerprint density at radius 1 is 1.10 bits per heavy atom. The van der Waals surface area contributed by atoms with Gasteiger partial charge < -0.3 is 19.5 Å². The maximum absolute atomic E-state index is 12.1. The first-order valence-corrected chi connectivity index (χ1v) is 6.93. The van der Waals surface area contributed by atoms with Crippen molar-refractivity contribution < 1.29 is 23.0 Å². The first-order chi connectivity index (χ1) is 10.1. The molecule has 1 rings (SSSR count). The van der Waals surface area contributed by atoms with E-state index in [2.05, 4.69) is 5.32 Å². The predicted octanol–water partition coefficient (Wildman–Crippen LogP) is 3.03. The van der Waals surface area contributed by atoms with E-state index in [0.717, 1.165) is 12.1 Å². The Balaban J connectivity index is 2.74. The monoisotopic (exact) mass is 303 g/mol. The maximum atomic E-state index is 12.1. The van der Waals surface area contributed by atoms with Crippen molar-refractivity contribution in [2.45, 2.75) is 25.8 Å². The molecule has 0 heterocycles. The van der Waals surface area contributed by atoms with Crippen LogP contribution in [-0.4, -0.2) is 40.4 Å². The van der Waals surface area contributed by atoms with Crippen molar-refractivity contribution in [1.29, 1.82) is 0 Å². The van der Waals surface area contributed by atoms with Crippen LogP contribution in [0.25, 0.3) is 0 Å². The summed E-state index contributed by atoms with van der Waals surface area (Å²) in [5, 5.41) is 3.31. The molecule has 1 atom stereocenters. The smallest absolute Gasteiger partial charge is 0.261 e. The van der Waals surface area contributed by atoms with Crippen molar-refractivity contribution in [3.63, 3.8) is 0 Å². The Hall–Kier alpha value is -1.40. The molecular weight excluding hydrogens is 280 g/mol. The molecule has 0 saturated carbocycles. The lowest BCUT2D eigenvalue weighted by Crippen LogP contribution is -2.23. The highest BCUT2D eigenvalue weighted by atomic mass is 19.3. The molecule has 0 radical (unpaired) electrons. The summed E-state index contributed by atoms with van der Waals surface area (Å²) in [5.41, 5.74) is 0.980. The lowest BCUT2D eigenvalue weighted by Gasteiger charge is -2.20. The van der Waals surface area contributed by atoms with Gasteiger partial charge in [0.15, 0.2) is 0 Å². The minimum absolute atomic E-state index is 0.00308. The molecule has 1 aromatic carbocycles. The minimum Gasteiger partial charge on any atom is -0.497 e. The Labute approximate surface area is 124 Å². The molecule has 0 bridgehead atoms. The molecule has 4 nitrogen and oxygen atoms in total. The second kappa shape index (κ2) is 9.52. The second-order valence-electron chi connectivity index (χ2n) is 4.51. The van der Waals surface area contributed by atoms with E-state index >= 15 is 0 Å². The molecule has 0 aliphatic rings. The molecule has 6 heteroatoms. The van der Waals surface area contributed by atoms with Crippen LogP contribution in [0.2, 0.25) is 0 Å². The van der Waals surface area contributed by atoms with Crippen LogP contribution in [0.3, 0.4) is 0 Å². The van der Waals surface area contributed by atoms with E-state index in [1.807, 2.05) is 19.1 Å². The average molecular weight is 303 g/mol. The van der Waals surface area contributed by atoms with Gasteiger partial charge in [-0.25, -0.2) is 8.78 Å². The molecule has 1 aromatic rings. The summed E-state index contributed by atoms with van der Waals surface area (Å²) in [6.07, 6.45) is -1.84. The molecular formula is C15H23F2NO3. The fourth-order valence-corrected chi connectivity index (χ4v) is 2.04. The standard InChI is InChI=1S/C15H23F2NO3/c1-4-18-14(5-6-21-10-15(16)17)11-7-12(19-2)9-13(8-11)20-3/h7-9,14-15,18H,4-6,10H2,1-3H3. The van der Waals surface area contributed by atoms with Gasteiger partial charge in [0.1, 0.15) is 18.1 Å². The average Bonchev–Trinajstić information content (AvgIpc) is 2.49. The zero-order chi connectivity index (χ0) is 15.7. The molecule has 21 heavy (non-hydrogen) atoms. The summed E-state index contributed by atoms with van der Waals surface area (Å²) in [4.78, 5) is 0. The summed E-state index contributed by atoms with van der Waals surface area (Å²) in [7, 11) is 3.18. The van der Waals surface area contributed by atoms with Gasteiger partial charge in [0.05, 0.1) is 14.2 Å². The topological polar surface area (TPSA) is 39.7 Å². The van der Waals surface area contributed by atoms with E-state index in [9.17, 15) is 8.78 Å². The second-order valence-corrected chi connectivity index (χ2v) is 4.51. The van der Waals surface area contributed by atoms with E-state index in [0.29, 0.717) is 17.9 Å². The Morgan fingerprint density at radius 2 is 1.71 bits per heavy atom. The van der Waals surface area contributed by atoms with E-state index in [1.54, 1.807) is 20.3 Å². The van der Waals surface area contributed by atoms with Crippen LogP contribution >= 0.6 is 0 Å². The van der Waals surface area contributed by atoms with Crippen LogP contribution in [0.4, 0.5) is 8.78 Å². The third-order valence-electron chi connectivity index (χ3n) is 3.02. The van der Waals surface area contributed by atoms with Crippen LogP contribution < -0.4 is 14.8 Å². The van der Waals surface area contributed by atoms with Gasteiger partial charge in [-0.2, -0.15) is 0 Å². The lowest BCUT2D eigenvalue weighted by molar-refractivity contribution is 0.0144. The van der Waals surface area contributed by atoms with Gasteiger partial charge in [-0.3, -0.25) is 0 Å². The molecule has 0 aromatic heterocycles. The fraction of sp³-hybridized carbons (Fsp3) is 0.600. The van der Waals surface area contributed by atoms with Crippen molar-refractivity contribution in [3.05, 3.63) is 23.8 Å². The van der Waals surface area contributed by atoms with Crippen LogP contribution in [0, 0.1) is 0 Å². The van der Waals surface area contributed by atoms with Gasteiger partial charge in [0.2, 0.25) is 0 Å². The third-order valence-corrected chi connectivity index (χ3v) is 3.02. The molecule has 0 aliphatic heterocycles. The highest BCUT2D eigenvalue weighted by Crippen LogP contribution is 2.28. The molecule has 0 saturated heterocycles. The van der Waals surface area contributed by atoms with Crippen LogP contribution in [0.15, 0.2) is 18.2 Å². The Morgan fingerprint density at radius 3 is 2.19 bits per heavy atom. The Kier molecular flexibility index (Phi) is 8.00. The van der Waals surface area contributed by atoms with Crippen molar-refractivity contribution >= 4 is 0 Å². The fourth-order valence-electron chi connectivity index (χ4n) is 2.04.